The van der Waals surface area contributed by atoms with Crippen LogP contribution in [0.3, 0.4) is 0 Å². The maximum Gasteiger partial charge on any atom is 0.264 e. The third-order valence-electron chi connectivity index (χ3n) is 5.97. The molecule has 0 saturated carbocycles. The van der Waals surface area contributed by atoms with Gasteiger partial charge in [-0.1, -0.05) is 41.4 Å². The Morgan fingerprint density at radius 1 is 1.03 bits per heavy atom. The number of sulfonamides is 1. The van der Waals surface area contributed by atoms with Gasteiger partial charge in [-0.25, -0.2) is 8.42 Å². The number of carbonyl (C=O) groups excluding carboxylic acids is 1. The predicted octanol–water partition coefficient (Wildman–Crippen LogP) is 5.57. The molecule has 1 N–H and O–H groups in total. The fraction of sp³-hybridized carbons (Fsp3) is 0.296. The first-order valence-corrected chi connectivity index (χ1v) is 13.2. The van der Waals surface area contributed by atoms with E-state index in [1.54, 1.807) is 48.5 Å². The number of amides is 1. The van der Waals surface area contributed by atoms with Gasteiger partial charge in [0, 0.05) is 17.0 Å². The lowest BCUT2D eigenvalue weighted by molar-refractivity contribution is -0.120. The van der Waals surface area contributed by atoms with Gasteiger partial charge in [-0.15, -0.1) is 0 Å². The molecule has 35 heavy (non-hydrogen) atoms. The predicted molar refractivity (Wildman–Crippen MR) is 139 cm³/mol. The summed E-state index contributed by atoms with van der Waals surface area (Å²) in [7, 11) is -4.00. The van der Waals surface area contributed by atoms with Gasteiger partial charge < -0.3 is 10.1 Å². The summed E-state index contributed by atoms with van der Waals surface area (Å²) in [5.41, 5.74) is 2.75. The summed E-state index contributed by atoms with van der Waals surface area (Å²) < 4.78 is 34.4. The molecule has 0 fully saturated rings. The monoisotopic (exact) mass is 512 g/mol. The fourth-order valence-electron chi connectivity index (χ4n) is 4.22. The number of aryl methyl sites for hydroxylation is 2. The van der Waals surface area contributed by atoms with E-state index in [-0.39, 0.29) is 17.5 Å². The molecule has 0 aliphatic carbocycles. The molecule has 1 aliphatic rings. The van der Waals surface area contributed by atoms with Gasteiger partial charge in [-0.3, -0.25) is 9.10 Å². The largest absolute Gasteiger partial charge is 0.487 e. The molecule has 8 heteroatoms. The van der Waals surface area contributed by atoms with Gasteiger partial charge in [-0.05, 0) is 75.7 Å². The molecule has 1 aliphatic heterocycles. The smallest absolute Gasteiger partial charge is 0.264 e. The summed E-state index contributed by atoms with van der Waals surface area (Å²) in [6.07, 6.45) is 0.556. The van der Waals surface area contributed by atoms with Crippen molar-refractivity contribution in [2.45, 2.75) is 50.7 Å². The highest BCUT2D eigenvalue weighted by Gasteiger charge is 2.35. The van der Waals surface area contributed by atoms with Crippen LogP contribution < -0.4 is 14.4 Å². The zero-order valence-electron chi connectivity index (χ0n) is 20.2. The molecule has 0 spiro atoms. The van der Waals surface area contributed by atoms with Crippen molar-refractivity contribution in [1.29, 1.82) is 0 Å². The Kier molecular flexibility index (Phi) is 6.84. The van der Waals surface area contributed by atoms with Crippen LogP contribution >= 0.6 is 11.6 Å². The molecule has 1 heterocycles. The van der Waals surface area contributed by atoms with Crippen LogP contribution in [0.5, 0.6) is 5.75 Å². The highest BCUT2D eigenvalue weighted by atomic mass is 35.5. The lowest BCUT2D eigenvalue weighted by Gasteiger charge is -2.38. The summed E-state index contributed by atoms with van der Waals surface area (Å²) in [5, 5.41) is 3.52. The van der Waals surface area contributed by atoms with Crippen molar-refractivity contribution in [2.24, 2.45) is 0 Å². The van der Waals surface area contributed by atoms with Gasteiger partial charge in [-0.2, -0.15) is 0 Å². The standard InChI is InChI=1S/C27H29ClN2O4S/c1-18-5-12-22(13-6-18)35(32,33)30(21-10-8-20(28)9-11-21)17-26(31)29-24-16-27(3,4)34-25-15-19(2)7-14-23(24)25/h5-15,24H,16-17H2,1-4H3,(H,29,31). The number of carbonyl (C=O) groups is 1. The molecule has 184 valence electrons. The quantitative estimate of drug-likeness (QED) is 0.468. The minimum Gasteiger partial charge on any atom is -0.487 e. The molecule has 3 aromatic rings. The van der Waals surface area contributed by atoms with Crippen LogP contribution in [-0.4, -0.2) is 26.5 Å². The van der Waals surface area contributed by atoms with E-state index in [1.807, 2.05) is 45.9 Å². The van der Waals surface area contributed by atoms with Crippen molar-refractivity contribution >= 4 is 33.2 Å². The average Bonchev–Trinajstić information content (AvgIpc) is 2.77. The van der Waals surface area contributed by atoms with Crippen molar-refractivity contribution in [3.8, 4) is 5.75 Å². The van der Waals surface area contributed by atoms with Crippen molar-refractivity contribution in [3.63, 3.8) is 0 Å². The zero-order chi connectivity index (χ0) is 25.4. The van der Waals surface area contributed by atoms with Gasteiger partial charge in [0.1, 0.15) is 17.9 Å². The first-order valence-electron chi connectivity index (χ1n) is 11.4. The number of ether oxygens (including phenoxy) is 1. The molecule has 1 atom stereocenters. The van der Waals surface area contributed by atoms with E-state index in [9.17, 15) is 13.2 Å². The van der Waals surface area contributed by atoms with Crippen LogP contribution in [0.25, 0.3) is 0 Å². The Morgan fingerprint density at radius 2 is 1.66 bits per heavy atom. The van der Waals surface area contributed by atoms with E-state index in [0.717, 1.165) is 26.7 Å². The van der Waals surface area contributed by atoms with Crippen LogP contribution in [0.2, 0.25) is 5.02 Å². The molecule has 0 radical (unpaired) electrons. The van der Waals surface area contributed by atoms with Crippen LogP contribution in [0, 0.1) is 13.8 Å². The normalized spacial score (nSPS) is 16.7. The number of benzene rings is 3. The zero-order valence-corrected chi connectivity index (χ0v) is 21.8. The second kappa shape index (κ2) is 9.55. The Bertz CT molecular complexity index is 1340. The molecule has 1 amide bonds. The van der Waals surface area contributed by atoms with Crippen LogP contribution in [0.15, 0.2) is 71.6 Å². The average molecular weight is 513 g/mol. The molecular weight excluding hydrogens is 484 g/mol. The van der Waals surface area contributed by atoms with Crippen molar-refractivity contribution in [1.82, 2.24) is 5.32 Å². The summed E-state index contributed by atoms with van der Waals surface area (Å²) >= 11 is 6.03. The highest BCUT2D eigenvalue weighted by molar-refractivity contribution is 7.92. The van der Waals surface area contributed by atoms with Crippen molar-refractivity contribution in [3.05, 3.63) is 88.4 Å². The summed E-state index contributed by atoms with van der Waals surface area (Å²) in [6.45, 7) is 7.43. The van der Waals surface area contributed by atoms with Crippen molar-refractivity contribution < 1.29 is 17.9 Å². The first-order chi connectivity index (χ1) is 16.4. The fourth-order valence-corrected chi connectivity index (χ4v) is 5.76. The minimum absolute atomic E-state index is 0.110. The number of fused-ring (bicyclic) bond motifs is 1. The SMILES string of the molecule is Cc1ccc(S(=O)(=O)N(CC(=O)NC2CC(C)(C)Oc3cc(C)ccc32)c2ccc(Cl)cc2)cc1. The van der Waals surface area contributed by atoms with Gasteiger partial charge in [0.25, 0.3) is 10.0 Å². The molecule has 4 rings (SSSR count). The number of hydrogen-bond donors (Lipinski definition) is 1. The first kappa shape index (κ1) is 25.1. The number of hydrogen-bond acceptors (Lipinski definition) is 4. The summed E-state index contributed by atoms with van der Waals surface area (Å²) in [5.74, 6) is 0.318. The maximum atomic E-state index is 13.6. The Balaban J connectivity index is 1.64. The van der Waals surface area contributed by atoms with E-state index in [2.05, 4.69) is 5.32 Å². The van der Waals surface area contributed by atoms with Gasteiger partial charge in [0.05, 0.1) is 16.6 Å². The lowest BCUT2D eigenvalue weighted by atomic mass is 9.89. The molecule has 0 saturated heterocycles. The second-order valence-corrected chi connectivity index (χ2v) is 11.8. The van der Waals surface area contributed by atoms with E-state index in [0.29, 0.717) is 17.1 Å². The number of anilines is 1. The third kappa shape index (κ3) is 5.63. The number of nitrogens with zero attached hydrogens (tertiary/aromatic N) is 1. The molecule has 1 unspecified atom stereocenters. The molecular formula is C27H29ClN2O4S. The van der Waals surface area contributed by atoms with Crippen LogP contribution in [0.1, 0.15) is 43.0 Å². The maximum absolute atomic E-state index is 13.6. The minimum atomic E-state index is -4.00. The van der Waals surface area contributed by atoms with Gasteiger partial charge in [0.2, 0.25) is 5.91 Å². The Hall–Kier alpha value is -3.03. The molecule has 0 bridgehead atoms. The molecule has 3 aromatic carbocycles. The number of rotatable bonds is 6. The molecule has 6 nitrogen and oxygen atoms in total. The van der Waals surface area contributed by atoms with Crippen molar-refractivity contribution in [2.75, 3.05) is 10.8 Å². The number of nitrogens with one attached hydrogen (secondary N) is 1. The van der Waals surface area contributed by atoms with E-state index in [1.165, 1.54) is 0 Å². The summed E-state index contributed by atoms with van der Waals surface area (Å²) in [4.78, 5) is 13.4. The number of halogens is 1. The van der Waals surface area contributed by atoms with E-state index in [4.69, 9.17) is 16.3 Å². The summed E-state index contributed by atoms with van der Waals surface area (Å²) in [6, 6.07) is 18.5. The van der Waals surface area contributed by atoms with Gasteiger partial charge in [0.15, 0.2) is 0 Å². The van der Waals surface area contributed by atoms with E-state index < -0.39 is 21.5 Å². The topological polar surface area (TPSA) is 75.7 Å². The lowest BCUT2D eigenvalue weighted by Crippen LogP contribution is -2.45. The Labute approximate surface area is 211 Å². The third-order valence-corrected chi connectivity index (χ3v) is 8.01. The highest BCUT2D eigenvalue weighted by Crippen LogP contribution is 2.40. The molecule has 0 aromatic heterocycles. The Morgan fingerprint density at radius 3 is 2.31 bits per heavy atom. The second-order valence-electron chi connectivity index (χ2n) is 9.53. The van der Waals surface area contributed by atoms with Crippen LogP contribution in [-0.2, 0) is 14.8 Å². The van der Waals surface area contributed by atoms with Crippen LogP contribution in [0.4, 0.5) is 5.69 Å². The van der Waals surface area contributed by atoms with E-state index >= 15 is 0 Å². The van der Waals surface area contributed by atoms with Gasteiger partial charge >= 0.3 is 0 Å².